The number of aromatic nitrogens is 3. The average molecular weight is 245 g/mol. The van der Waals surface area contributed by atoms with Gasteiger partial charge in [0.1, 0.15) is 5.82 Å². The molecule has 5 heteroatoms. The number of hydrogen-bond donors (Lipinski definition) is 2. The molecular formula is C13H19N5. The van der Waals surface area contributed by atoms with Crippen molar-refractivity contribution in [1.29, 1.82) is 0 Å². The zero-order valence-electron chi connectivity index (χ0n) is 10.9. The molecule has 0 saturated carbocycles. The van der Waals surface area contributed by atoms with Crippen LogP contribution in [0.4, 0.5) is 0 Å². The van der Waals surface area contributed by atoms with E-state index in [-0.39, 0.29) is 0 Å². The Kier molecular flexibility index (Phi) is 3.01. The first-order valence-electron chi connectivity index (χ1n) is 6.51. The molecule has 1 fully saturated rings. The van der Waals surface area contributed by atoms with E-state index in [9.17, 15) is 0 Å². The monoisotopic (exact) mass is 245 g/mol. The van der Waals surface area contributed by atoms with Crippen molar-refractivity contribution in [2.75, 3.05) is 26.2 Å². The van der Waals surface area contributed by atoms with E-state index in [4.69, 9.17) is 0 Å². The smallest absolute Gasteiger partial charge is 0.177 e. The van der Waals surface area contributed by atoms with Crippen LogP contribution in [-0.4, -0.2) is 46.0 Å². The van der Waals surface area contributed by atoms with E-state index in [1.165, 1.54) is 0 Å². The van der Waals surface area contributed by atoms with Gasteiger partial charge in [-0.25, -0.2) is 9.97 Å². The molecule has 1 unspecified atom stereocenters. The first-order valence-corrected chi connectivity index (χ1v) is 6.51. The lowest BCUT2D eigenvalue weighted by atomic mass is 10.2. The zero-order chi connectivity index (χ0) is 12.5. The minimum Gasteiger partial charge on any atom is -0.339 e. The standard InChI is InChI=1S/C13H19N5/c1-9-7-11-13(15-8-9)17-12(16-11)10(2)18-5-3-14-4-6-18/h7-8,10,14H,3-6H2,1-2H3,(H,15,16,17). The van der Waals surface area contributed by atoms with E-state index in [0.717, 1.165) is 48.7 Å². The summed E-state index contributed by atoms with van der Waals surface area (Å²) in [6.45, 7) is 8.52. The second kappa shape index (κ2) is 4.66. The van der Waals surface area contributed by atoms with Gasteiger partial charge in [0.2, 0.25) is 0 Å². The highest BCUT2D eigenvalue weighted by Gasteiger charge is 2.20. The molecule has 1 saturated heterocycles. The Morgan fingerprint density at radius 1 is 1.33 bits per heavy atom. The molecule has 0 aromatic carbocycles. The predicted molar refractivity (Wildman–Crippen MR) is 71.5 cm³/mol. The Bertz CT molecular complexity index is 541. The van der Waals surface area contributed by atoms with Crippen LogP contribution in [0.15, 0.2) is 12.3 Å². The summed E-state index contributed by atoms with van der Waals surface area (Å²) in [4.78, 5) is 14.8. The van der Waals surface area contributed by atoms with Crippen molar-refractivity contribution in [3.63, 3.8) is 0 Å². The Balaban J connectivity index is 1.88. The number of rotatable bonds is 2. The fourth-order valence-electron chi connectivity index (χ4n) is 2.46. The lowest BCUT2D eigenvalue weighted by molar-refractivity contribution is 0.180. The van der Waals surface area contributed by atoms with E-state index in [1.54, 1.807) is 0 Å². The van der Waals surface area contributed by atoms with Gasteiger partial charge in [-0.2, -0.15) is 0 Å². The molecule has 3 heterocycles. The van der Waals surface area contributed by atoms with Crippen molar-refractivity contribution in [2.24, 2.45) is 0 Å². The number of hydrogen-bond acceptors (Lipinski definition) is 4. The molecule has 1 aliphatic heterocycles. The quantitative estimate of drug-likeness (QED) is 0.835. The minimum atomic E-state index is 0.321. The predicted octanol–water partition coefficient (Wildman–Crippen LogP) is 1.23. The molecule has 2 aromatic rings. The van der Waals surface area contributed by atoms with Gasteiger partial charge in [-0.05, 0) is 25.5 Å². The maximum atomic E-state index is 4.60. The number of fused-ring (bicyclic) bond motifs is 1. The molecule has 0 bridgehead atoms. The molecule has 3 rings (SSSR count). The highest BCUT2D eigenvalue weighted by atomic mass is 15.2. The van der Waals surface area contributed by atoms with E-state index >= 15 is 0 Å². The summed E-state index contributed by atoms with van der Waals surface area (Å²) in [5.41, 5.74) is 3.01. The molecule has 2 aromatic heterocycles. The minimum absolute atomic E-state index is 0.321. The molecule has 0 aliphatic carbocycles. The number of nitrogens with one attached hydrogen (secondary N) is 2. The lowest BCUT2D eigenvalue weighted by Gasteiger charge is -2.31. The summed E-state index contributed by atoms with van der Waals surface area (Å²) in [6.07, 6.45) is 1.86. The van der Waals surface area contributed by atoms with Crippen molar-refractivity contribution < 1.29 is 0 Å². The number of imidazole rings is 1. The second-order valence-electron chi connectivity index (χ2n) is 4.97. The van der Waals surface area contributed by atoms with Gasteiger partial charge in [-0.15, -0.1) is 0 Å². The van der Waals surface area contributed by atoms with Crippen LogP contribution in [0.25, 0.3) is 11.2 Å². The van der Waals surface area contributed by atoms with Crippen LogP contribution < -0.4 is 5.32 Å². The highest BCUT2D eigenvalue weighted by molar-refractivity contribution is 5.71. The van der Waals surface area contributed by atoms with Gasteiger partial charge in [-0.1, -0.05) is 0 Å². The van der Waals surface area contributed by atoms with Crippen molar-refractivity contribution in [3.8, 4) is 0 Å². The maximum Gasteiger partial charge on any atom is 0.177 e. The molecule has 96 valence electrons. The van der Waals surface area contributed by atoms with Crippen molar-refractivity contribution in [1.82, 2.24) is 25.2 Å². The van der Waals surface area contributed by atoms with Crippen LogP contribution in [-0.2, 0) is 0 Å². The van der Waals surface area contributed by atoms with E-state index in [1.807, 2.05) is 13.1 Å². The molecule has 0 spiro atoms. The second-order valence-corrected chi connectivity index (χ2v) is 4.97. The molecule has 1 aliphatic rings. The van der Waals surface area contributed by atoms with Gasteiger partial charge in [0.15, 0.2) is 5.65 Å². The average Bonchev–Trinajstić information content (AvgIpc) is 2.81. The first kappa shape index (κ1) is 11.6. The third-order valence-electron chi connectivity index (χ3n) is 3.59. The molecule has 2 N–H and O–H groups in total. The molecule has 18 heavy (non-hydrogen) atoms. The van der Waals surface area contributed by atoms with E-state index in [0.29, 0.717) is 6.04 Å². The first-order chi connectivity index (χ1) is 8.74. The number of pyridine rings is 1. The van der Waals surface area contributed by atoms with Crippen LogP contribution in [0.1, 0.15) is 24.4 Å². The van der Waals surface area contributed by atoms with Crippen molar-refractivity contribution >= 4 is 11.2 Å². The fourth-order valence-corrected chi connectivity index (χ4v) is 2.46. The van der Waals surface area contributed by atoms with Gasteiger partial charge in [0.05, 0.1) is 11.6 Å². The molecule has 1 atom stereocenters. The van der Waals surface area contributed by atoms with Gasteiger partial charge in [0, 0.05) is 32.4 Å². The zero-order valence-corrected chi connectivity index (χ0v) is 10.9. The van der Waals surface area contributed by atoms with Crippen molar-refractivity contribution in [2.45, 2.75) is 19.9 Å². The van der Waals surface area contributed by atoms with Crippen LogP contribution in [0.5, 0.6) is 0 Å². The summed E-state index contributed by atoms with van der Waals surface area (Å²) in [7, 11) is 0. The van der Waals surface area contributed by atoms with Crippen LogP contribution >= 0.6 is 0 Å². The molecule has 0 amide bonds. The SMILES string of the molecule is Cc1cnc2nc(C(C)N3CCNCC3)[nH]c2c1. The normalized spacial score (nSPS) is 19.2. The Morgan fingerprint density at radius 2 is 2.11 bits per heavy atom. The number of aromatic amines is 1. The van der Waals surface area contributed by atoms with Crippen LogP contribution in [0, 0.1) is 6.92 Å². The topological polar surface area (TPSA) is 56.8 Å². The van der Waals surface area contributed by atoms with Gasteiger partial charge in [-0.3, -0.25) is 4.90 Å². The summed E-state index contributed by atoms with van der Waals surface area (Å²) in [5, 5.41) is 3.37. The Morgan fingerprint density at radius 3 is 2.89 bits per heavy atom. The summed E-state index contributed by atoms with van der Waals surface area (Å²) < 4.78 is 0. The number of nitrogens with zero attached hydrogens (tertiary/aromatic N) is 3. The summed E-state index contributed by atoms with van der Waals surface area (Å²) in [5.74, 6) is 1.02. The van der Waals surface area contributed by atoms with Gasteiger partial charge in [0.25, 0.3) is 0 Å². The largest absolute Gasteiger partial charge is 0.339 e. The molecule has 0 radical (unpaired) electrons. The maximum absolute atomic E-state index is 4.60. The third kappa shape index (κ3) is 2.11. The highest BCUT2D eigenvalue weighted by Crippen LogP contribution is 2.20. The Labute approximate surface area is 107 Å². The van der Waals surface area contributed by atoms with E-state index < -0.39 is 0 Å². The van der Waals surface area contributed by atoms with Gasteiger partial charge >= 0.3 is 0 Å². The summed E-state index contributed by atoms with van der Waals surface area (Å²) in [6, 6.07) is 2.42. The fraction of sp³-hybridized carbons (Fsp3) is 0.538. The van der Waals surface area contributed by atoms with Crippen LogP contribution in [0.2, 0.25) is 0 Å². The number of H-pyrrole nitrogens is 1. The lowest BCUT2D eigenvalue weighted by Crippen LogP contribution is -2.44. The number of piperazine rings is 1. The van der Waals surface area contributed by atoms with Crippen LogP contribution in [0.3, 0.4) is 0 Å². The van der Waals surface area contributed by atoms with Crippen molar-refractivity contribution in [3.05, 3.63) is 23.7 Å². The summed E-state index contributed by atoms with van der Waals surface area (Å²) >= 11 is 0. The van der Waals surface area contributed by atoms with E-state index in [2.05, 4.69) is 38.2 Å². The third-order valence-corrected chi connectivity index (χ3v) is 3.59. The number of aryl methyl sites for hydroxylation is 1. The van der Waals surface area contributed by atoms with Gasteiger partial charge < -0.3 is 10.3 Å². The Hall–Kier alpha value is -1.46. The molecule has 5 nitrogen and oxygen atoms in total. The molecular weight excluding hydrogens is 226 g/mol.